The predicted octanol–water partition coefficient (Wildman–Crippen LogP) is 5.84. The number of aryl methyl sites for hydroxylation is 1. The molecule has 0 amide bonds. The van der Waals surface area contributed by atoms with Gasteiger partial charge in [-0.25, -0.2) is 0 Å². The summed E-state index contributed by atoms with van der Waals surface area (Å²) in [5.41, 5.74) is 8.92. The molecule has 0 saturated carbocycles. The molecule has 2 N–H and O–H groups in total. The minimum absolute atomic E-state index is 0. The summed E-state index contributed by atoms with van der Waals surface area (Å²) in [6.45, 7) is 4.47. The first-order valence-electron chi connectivity index (χ1n) is 10.5. The smallest absolute Gasteiger partial charge is 0.0434 e. The number of aliphatic hydroxyl groups is 1. The molecule has 0 aliphatic carbocycles. The van der Waals surface area contributed by atoms with Crippen LogP contribution in [0, 0.1) is 6.92 Å². The highest BCUT2D eigenvalue weighted by Crippen LogP contribution is 2.36. The van der Waals surface area contributed by atoms with Crippen LogP contribution >= 0.6 is 12.4 Å². The number of nitrogens with one attached hydrogen (secondary N) is 1. The fourth-order valence-corrected chi connectivity index (χ4v) is 3.99. The molecule has 0 atom stereocenters. The Morgan fingerprint density at radius 2 is 1.43 bits per heavy atom. The summed E-state index contributed by atoms with van der Waals surface area (Å²) in [5.74, 6) is 0.638. The Morgan fingerprint density at radius 1 is 0.833 bits per heavy atom. The van der Waals surface area contributed by atoms with Crippen LogP contribution in [0.25, 0.3) is 11.1 Å². The molecule has 0 aromatic heterocycles. The van der Waals surface area contributed by atoms with Gasteiger partial charge in [-0.2, -0.15) is 0 Å². The third-order valence-corrected chi connectivity index (χ3v) is 5.80. The lowest BCUT2D eigenvalue weighted by Gasteiger charge is -2.27. The first-order chi connectivity index (χ1) is 14.3. The topological polar surface area (TPSA) is 32.3 Å². The highest BCUT2D eigenvalue weighted by Gasteiger charge is 2.19. The number of halogens is 1. The second-order valence-corrected chi connectivity index (χ2v) is 7.89. The molecule has 4 rings (SSSR count). The fraction of sp³-hybridized carbons (Fsp3) is 0.259. The predicted molar refractivity (Wildman–Crippen MR) is 129 cm³/mol. The van der Waals surface area contributed by atoms with E-state index in [0.29, 0.717) is 5.92 Å². The Balaban J connectivity index is 0.00000256. The van der Waals surface area contributed by atoms with E-state index in [1.165, 1.54) is 39.0 Å². The molecule has 1 aliphatic heterocycles. The van der Waals surface area contributed by atoms with Crippen LogP contribution in [-0.2, 0) is 0 Å². The monoisotopic (exact) mass is 419 g/mol. The van der Waals surface area contributed by atoms with E-state index in [2.05, 4.69) is 91.1 Å². The van der Waals surface area contributed by atoms with Crippen molar-refractivity contribution in [1.82, 2.24) is 5.32 Å². The Kier molecular flexibility index (Phi) is 7.87. The Labute approximate surface area is 186 Å². The van der Waals surface area contributed by atoms with Gasteiger partial charge >= 0.3 is 0 Å². The molecule has 2 nitrogen and oxygen atoms in total. The van der Waals surface area contributed by atoms with Crippen molar-refractivity contribution in [2.45, 2.75) is 25.7 Å². The molecule has 0 spiro atoms. The highest BCUT2D eigenvalue weighted by molar-refractivity contribution is 5.98. The van der Waals surface area contributed by atoms with Gasteiger partial charge in [0.1, 0.15) is 0 Å². The lowest BCUT2D eigenvalue weighted by Crippen LogP contribution is -2.39. The lowest BCUT2D eigenvalue weighted by atomic mass is 9.85. The van der Waals surface area contributed by atoms with Crippen molar-refractivity contribution < 1.29 is 5.11 Å². The molecule has 0 bridgehead atoms. The number of hydrogen-bond donors (Lipinski definition) is 2. The third-order valence-electron chi connectivity index (χ3n) is 5.80. The van der Waals surface area contributed by atoms with Crippen LogP contribution in [0.15, 0.2) is 78.9 Å². The summed E-state index contributed by atoms with van der Waals surface area (Å²) in [6.07, 6.45) is 1.60. The van der Waals surface area contributed by atoms with Gasteiger partial charge in [-0.15, -0.1) is 12.4 Å². The van der Waals surface area contributed by atoms with Crippen molar-refractivity contribution in [2.24, 2.45) is 0 Å². The van der Waals surface area contributed by atoms with Gasteiger partial charge in [0.05, 0.1) is 0 Å². The number of aliphatic hydroxyl groups excluding tert-OH is 1. The van der Waals surface area contributed by atoms with Crippen LogP contribution in [0.5, 0.6) is 0 Å². The van der Waals surface area contributed by atoms with E-state index in [4.69, 9.17) is 0 Å². The number of hydrogen-bond acceptors (Lipinski definition) is 2. The van der Waals surface area contributed by atoms with Crippen LogP contribution in [0.2, 0.25) is 0 Å². The molecular weight excluding hydrogens is 390 g/mol. The molecule has 1 aliphatic rings. The SMILES string of the molecule is Cc1ccc(/C(=C(\CCCO)c2ccccc2)c2ccc(C3CNC3)cc2)cc1.Cl. The molecule has 1 saturated heterocycles. The summed E-state index contributed by atoms with van der Waals surface area (Å²) in [4.78, 5) is 0. The molecule has 3 aromatic rings. The van der Waals surface area contributed by atoms with E-state index in [1.807, 2.05) is 0 Å². The van der Waals surface area contributed by atoms with Gasteiger partial charge in [-0.05, 0) is 53.2 Å². The van der Waals surface area contributed by atoms with E-state index >= 15 is 0 Å². The van der Waals surface area contributed by atoms with E-state index in [0.717, 1.165) is 25.9 Å². The van der Waals surface area contributed by atoms with Crippen LogP contribution < -0.4 is 5.32 Å². The van der Waals surface area contributed by atoms with E-state index in [-0.39, 0.29) is 19.0 Å². The second kappa shape index (κ2) is 10.6. The van der Waals surface area contributed by atoms with Gasteiger partial charge in [0, 0.05) is 25.6 Å². The molecule has 0 unspecified atom stereocenters. The molecule has 156 valence electrons. The quantitative estimate of drug-likeness (QED) is 0.472. The highest BCUT2D eigenvalue weighted by atomic mass is 35.5. The number of benzene rings is 3. The molecule has 30 heavy (non-hydrogen) atoms. The van der Waals surface area contributed by atoms with Crippen molar-refractivity contribution in [1.29, 1.82) is 0 Å². The van der Waals surface area contributed by atoms with Crippen LogP contribution in [-0.4, -0.2) is 24.8 Å². The van der Waals surface area contributed by atoms with Crippen molar-refractivity contribution in [2.75, 3.05) is 19.7 Å². The molecular formula is C27H30ClNO. The maximum absolute atomic E-state index is 9.52. The Morgan fingerprint density at radius 3 is 1.97 bits per heavy atom. The van der Waals surface area contributed by atoms with Gasteiger partial charge < -0.3 is 10.4 Å². The number of rotatable bonds is 7. The zero-order valence-corrected chi connectivity index (χ0v) is 18.3. The van der Waals surface area contributed by atoms with Gasteiger partial charge in [-0.3, -0.25) is 0 Å². The van der Waals surface area contributed by atoms with E-state index in [9.17, 15) is 5.11 Å². The van der Waals surface area contributed by atoms with E-state index in [1.54, 1.807) is 0 Å². The van der Waals surface area contributed by atoms with Gasteiger partial charge in [0.2, 0.25) is 0 Å². The molecule has 0 radical (unpaired) electrons. The minimum atomic E-state index is 0. The first-order valence-corrected chi connectivity index (χ1v) is 10.5. The standard InChI is InChI=1S/C27H29NO.ClH/c1-20-9-11-23(12-10-20)27(24-15-13-21(14-16-24)25-18-28-19-25)26(8-5-17-29)22-6-3-2-4-7-22;/h2-4,6-7,9-16,25,28-29H,5,8,17-19H2,1H3;1H/b27-26-;. The number of allylic oxidation sites excluding steroid dienone is 1. The van der Waals surface area contributed by atoms with Crippen molar-refractivity contribution in [3.8, 4) is 0 Å². The Bertz CT molecular complexity index is 958. The summed E-state index contributed by atoms with van der Waals surface area (Å²) in [6, 6.07) is 28.5. The average molecular weight is 420 g/mol. The van der Waals surface area contributed by atoms with Crippen molar-refractivity contribution >= 4 is 23.6 Å². The maximum atomic E-state index is 9.52. The van der Waals surface area contributed by atoms with Crippen LogP contribution in [0.4, 0.5) is 0 Å². The first kappa shape index (κ1) is 22.3. The van der Waals surface area contributed by atoms with Gasteiger partial charge in [-0.1, -0.05) is 84.4 Å². The van der Waals surface area contributed by atoms with E-state index < -0.39 is 0 Å². The van der Waals surface area contributed by atoms with Gasteiger partial charge in [0.15, 0.2) is 0 Å². The van der Waals surface area contributed by atoms with Crippen molar-refractivity contribution in [3.63, 3.8) is 0 Å². The normalized spacial score (nSPS) is 14.5. The summed E-state index contributed by atoms with van der Waals surface area (Å²) in [7, 11) is 0. The average Bonchev–Trinajstić information content (AvgIpc) is 2.72. The third kappa shape index (κ3) is 5.02. The second-order valence-electron chi connectivity index (χ2n) is 7.89. The lowest BCUT2D eigenvalue weighted by molar-refractivity contribution is 0.290. The largest absolute Gasteiger partial charge is 0.396 e. The minimum Gasteiger partial charge on any atom is -0.396 e. The fourth-order valence-electron chi connectivity index (χ4n) is 3.99. The maximum Gasteiger partial charge on any atom is 0.0434 e. The van der Waals surface area contributed by atoms with Crippen LogP contribution in [0.3, 0.4) is 0 Å². The zero-order valence-electron chi connectivity index (χ0n) is 17.5. The van der Waals surface area contributed by atoms with Crippen molar-refractivity contribution in [3.05, 3.63) is 107 Å². The van der Waals surface area contributed by atoms with Gasteiger partial charge in [0.25, 0.3) is 0 Å². The van der Waals surface area contributed by atoms with Crippen LogP contribution in [0.1, 0.15) is 46.6 Å². The zero-order chi connectivity index (χ0) is 20.1. The molecule has 3 aromatic carbocycles. The summed E-state index contributed by atoms with van der Waals surface area (Å²) < 4.78 is 0. The summed E-state index contributed by atoms with van der Waals surface area (Å²) >= 11 is 0. The molecule has 1 fully saturated rings. The summed E-state index contributed by atoms with van der Waals surface area (Å²) in [5, 5.41) is 12.9. The molecule has 1 heterocycles. The Hall–Kier alpha value is -2.39. The molecule has 3 heteroatoms.